The van der Waals surface area contributed by atoms with E-state index in [0.29, 0.717) is 13.0 Å². The van der Waals surface area contributed by atoms with Gasteiger partial charge in [-0.3, -0.25) is 4.79 Å². The maximum atomic E-state index is 13.0. The summed E-state index contributed by atoms with van der Waals surface area (Å²) in [6.45, 7) is 0.547. The maximum absolute atomic E-state index is 13.0. The van der Waals surface area contributed by atoms with Crippen molar-refractivity contribution in [1.82, 2.24) is 9.88 Å². The molecule has 18 heavy (non-hydrogen) atoms. The van der Waals surface area contributed by atoms with Gasteiger partial charge in [-0.15, -0.1) is 0 Å². The number of halogens is 1. The second-order valence-electron chi connectivity index (χ2n) is 4.51. The number of hydrogen-bond donors (Lipinski definition) is 1. The topological polar surface area (TPSA) is 53.4 Å². The van der Waals surface area contributed by atoms with Crippen molar-refractivity contribution in [3.63, 3.8) is 0 Å². The van der Waals surface area contributed by atoms with E-state index in [1.165, 1.54) is 18.2 Å². The van der Waals surface area contributed by atoms with Gasteiger partial charge in [0.15, 0.2) is 0 Å². The van der Waals surface area contributed by atoms with Crippen molar-refractivity contribution >= 4 is 5.91 Å². The Labute approximate surface area is 105 Å². The SMILES string of the molecule is O=C(c1cccc(F)n1)N(CCCO)C1CCC1. The van der Waals surface area contributed by atoms with Crippen LogP contribution in [0.1, 0.15) is 36.2 Å². The van der Waals surface area contributed by atoms with Crippen molar-refractivity contribution in [3.05, 3.63) is 29.8 Å². The number of carbonyl (C=O) groups excluding carboxylic acids is 1. The summed E-state index contributed by atoms with van der Waals surface area (Å²) in [6, 6.07) is 4.45. The quantitative estimate of drug-likeness (QED) is 0.810. The molecule has 1 aromatic heterocycles. The second kappa shape index (κ2) is 5.91. The number of carbonyl (C=O) groups is 1. The number of aliphatic hydroxyl groups excluding tert-OH is 1. The zero-order chi connectivity index (χ0) is 13.0. The summed E-state index contributed by atoms with van der Waals surface area (Å²) in [4.78, 5) is 17.6. The highest BCUT2D eigenvalue weighted by atomic mass is 19.1. The summed E-state index contributed by atoms with van der Waals surface area (Å²) in [6.07, 6.45) is 3.61. The number of aromatic nitrogens is 1. The van der Waals surface area contributed by atoms with Crippen LogP contribution < -0.4 is 0 Å². The van der Waals surface area contributed by atoms with Gasteiger partial charge < -0.3 is 10.0 Å². The number of amides is 1. The molecule has 1 aromatic rings. The average molecular weight is 252 g/mol. The van der Waals surface area contributed by atoms with Gasteiger partial charge in [0.2, 0.25) is 5.95 Å². The first kappa shape index (κ1) is 13.0. The lowest BCUT2D eigenvalue weighted by atomic mass is 9.91. The molecule has 0 spiro atoms. The number of hydrogen-bond acceptors (Lipinski definition) is 3. The first-order chi connectivity index (χ1) is 8.72. The molecule has 1 N–H and O–H groups in total. The lowest BCUT2D eigenvalue weighted by molar-refractivity contribution is 0.0555. The van der Waals surface area contributed by atoms with Gasteiger partial charge >= 0.3 is 0 Å². The molecule has 4 nitrogen and oxygen atoms in total. The van der Waals surface area contributed by atoms with Gasteiger partial charge in [0.05, 0.1) is 0 Å². The van der Waals surface area contributed by atoms with E-state index in [1.54, 1.807) is 4.90 Å². The predicted molar refractivity (Wildman–Crippen MR) is 64.6 cm³/mol. The van der Waals surface area contributed by atoms with Crippen LogP contribution in [0.4, 0.5) is 4.39 Å². The van der Waals surface area contributed by atoms with Crippen LogP contribution in [0.15, 0.2) is 18.2 Å². The van der Waals surface area contributed by atoms with Gasteiger partial charge in [0, 0.05) is 19.2 Å². The molecule has 1 saturated carbocycles. The molecule has 0 aromatic carbocycles. The van der Waals surface area contributed by atoms with Crippen molar-refractivity contribution in [2.75, 3.05) is 13.2 Å². The lowest BCUT2D eigenvalue weighted by Gasteiger charge is -2.37. The van der Waals surface area contributed by atoms with Gasteiger partial charge in [-0.2, -0.15) is 4.39 Å². The number of aliphatic hydroxyl groups is 1. The molecule has 1 heterocycles. The summed E-state index contributed by atoms with van der Waals surface area (Å²) in [7, 11) is 0. The number of rotatable bonds is 5. The molecule has 0 radical (unpaired) electrons. The van der Waals surface area contributed by atoms with E-state index >= 15 is 0 Å². The fraction of sp³-hybridized carbons (Fsp3) is 0.538. The minimum Gasteiger partial charge on any atom is -0.396 e. The third-order valence-electron chi connectivity index (χ3n) is 3.27. The fourth-order valence-electron chi connectivity index (χ4n) is 2.06. The van der Waals surface area contributed by atoms with Gasteiger partial charge in [0.25, 0.3) is 5.91 Å². The van der Waals surface area contributed by atoms with Crippen LogP contribution in [0.3, 0.4) is 0 Å². The molecule has 5 heteroatoms. The molecular weight excluding hydrogens is 235 g/mol. The molecule has 1 amide bonds. The highest BCUT2D eigenvalue weighted by molar-refractivity contribution is 5.92. The van der Waals surface area contributed by atoms with Gasteiger partial charge in [-0.25, -0.2) is 4.98 Å². The largest absolute Gasteiger partial charge is 0.396 e. The van der Waals surface area contributed by atoms with E-state index < -0.39 is 5.95 Å². The number of nitrogens with zero attached hydrogens (tertiary/aromatic N) is 2. The van der Waals surface area contributed by atoms with Crippen molar-refractivity contribution in [2.45, 2.75) is 31.7 Å². The summed E-state index contributed by atoms with van der Waals surface area (Å²) in [5, 5.41) is 8.87. The molecule has 1 fully saturated rings. The molecule has 98 valence electrons. The maximum Gasteiger partial charge on any atom is 0.272 e. The first-order valence-electron chi connectivity index (χ1n) is 6.27. The molecule has 1 aliphatic rings. The Balaban J connectivity index is 2.11. The van der Waals surface area contributed by atoms with Gasteiger partial charge in [0.1, 0.15) is 5.69 Å². The monoisotopic (exact) mass is 252 g/mol. The van der Waals surface area contributed by atoms with Crippen LogP contribution in [0, 0.1) is 5.95 Å². The standard InChI is InChI=1S/C13H17FN2O2/c14-12-7-2-6-11(15-12)13(18)16(8-3-9-17)10-4-1-5-10/h2,6-7,10,17H,1,3-5,8-9H2. The minimum atomic E-state index is -0.642. The Kier molecular flexibility index (Phi) is 4.25. The van der Waals surface area contributed by atoms with E-state index in [-0.39, 0.29) is 24.2 Å². The average Bonchev–Trinajstić information content (AvgIpc) is 2.31. The first-order valence-corrected chi connectivity index (χ1v) is 6.27. The van der Waals surface area contributed by atoms with Crippen molar-refractivity contribution in [1.29, 1.82) is 0 Å². The Morgan fingerprint density at radius 3 is 2.83 bits per heavy atom. The normalized spacial score (nSPS) is 15.2. The molecule has 0 aliphatic heterocycles. The third kappa shape index (κ3) is 2.85. The smallest absolute Gasteiger partial charge is 0.272 e. The fourth-order valence-corrected chi connectivity index (χ4v) is 2.06. The van der Waals surface area contributed by atoms with Crippen LogP contribution in [0.25, 0.3) is 0 Å². The molecule has 0 saturated heterocycles. The van der Waals surface area contributed by atoms with Crippen LogP contribution in [-0.4, -0.2) is 40.1 Å². The molecule has 0 unspecified atom stereocenters. The van der Waals surface area contributed by atoms with Crippen LogP contribution in [0.5, 0.6) is 0 Å². The Morgan fingerprint density at radius 1 is 1.50 bits per heavy atom. The molecule has 2 rings (SSSR count). The highest BCUT2D eigenvalue weighted by Gasteiger charge is 2.29. The lowest BCUT2D eigenvalue weighted by Crippen LogP contribution is -2.45. The second-order valence-corrected chi connectivity index (χ2v) is 4.51. The number of pyridine rings is 1. The Bertz CT molecular complexity index is 421. The molecule has 0 atom stereocenters. The van der Waals surface area contributed by atoms with E-state index in [2.05, 4.69) is 4.98 Å². The highest BCUT2D eigenvalue weighted by Crippen LogP contribution is 2.26. The van der Waals surface area contributed by atoms with Crippen LogP contribution >= 0.6 is 0 Å². The van der Waals surface area contributed by atoms with Crippen LogP contribution in [-0.2, 0) is 0 Å². The van der Waals surface area contributed by atoms with Crippen molar-refractivity contribution < 1.29 is 14.3 Å². The summed E-state index contributed by atoms with van der Waals surface area (Å²) >= 11 is 0. The van der Waals surface area contributed by atoms with Crippen molar-refractivity contribution in [3.8, 4) is 0 Å². The third-order valence-corrected chi connectivity index (χ3v) is 3.27. The molecule has 1 aliphatic carbocycles. The summed E-state index contributed by atoms with van der Waals surface area (Å²) in [5.41, 5.74) is 0.139. The Hall–Kier alpha value is -1.49. The van der Waals surface area contributed by atoms with Crippen LogP contribution in [0.2, 0.25) is 0 Å². The zero-order valence-electron chi connectivity index (χ0n) is 10.2. The van der Waals surface area contributed by atoms with E-state index in [1.807, 2.05) is 0 Å². The Morgan fingerprint density at radius 2 is 2.28 bits per heavy atom. The zero-order valence-corrected chi connectivity index (χ0v) is 10.2. The molecule has 0 bridgehead atoms. The van der Waals surface area contributed by atoms with Crippen molar-refractivity contribution in [2.24, 2.45) is 0 Å². The van der Waals surface area contributed by atoms with E-state index in [4.69, 9.17) is 5.11 Å². The van der Waals surface area contributed by atoms with Gasteiger partial charge in [-0.05, 0) is 37.8 Å². The minimum absolute atomic E-state index is 0.0487. The van der Waals surface area contributed by atoms with E-state index in [0.717, 1.165) is 19.3 Å². The van der Waals surface area contributed by atoms with E-state index in [9.17, 15) is 9.18 Å². The van der Waals surface area contributed by atoms with Gasteiger partial charge in [-0.1, -0.05) is 6.07 Å². The molecular formula is C13H17FN2O2. The predicted octanol–water partition coefficient (Wildman–Crippen LogP) is 1.60. The summed E-state index contributed by atoms with van der Waals surface area (Å²) in [5.74, 6) is -0.885. The summed E-state index contributed by atoms with van der Waals surface area (Å²) < 4.78 is 13.0.